The van der Waals surface area contributed by atoms with Crippen LogP contribution in [0.2, 0.25) is 0 Å². The van der Waals surface area contributed by atoms with Crippen LogP contribution < -0.4 is 20.7 Å². The maximum Gasteiger partial charge on any atom is 0.179 e. The molecule has 0 aliphatic carbocycles. The fourth-order valence-electron chi connectivity index (χ4n) is 10.7. The summed E-state index contributed by atoms with van der Waals surface area (Å²) in [6.07, 6.45) is 0. The normalized spacial score (nSPS) is 12.1. The fraction of sp³-hybridized carbons (Fsp3) is 0. The summed E-state index contributed by atoms with van der Waals surface area (Å²) in [5, 5.41) is 13.1. The molecule has 0 radical (unpaired) electrons. The van der Waals surface area contributed by atoms with Gasteiger partial charge in [0.25, 0.3) is 0 Å². The number of aromatic nitrogens is 2. The van der Waals surface area contributed by atoms with Gasteiger partial charge in [-0.3, -0.25) is 0 Å². The molecule has 3 heterocycles. The van der Waals surface area contributed by atoms with Gasteiger partial charge in [0.2, 0.25) is 0 Å². The lowest BCUT2D eigenvalue weighted by molar-refractivity contribution is 1.17. The van der Waals surface area contributed by atoms with E-state index in [1.165, 1.54) is 95.7 Å². The van der Waals surface area contributed by atoms with Gasteiger partial charge in [0.05, 0.1) is 22.1 Å². The maximum absolute atomic E-state index is 2.74. The first-order valence-corrected chi connectivity index (χ1v) is 24.8. The minimum atomic E-state index is -2.74. The van der Waals surface area contributed by atoms with Crippen LogP contribution in [-0.2, 0) is 0 Å². The molecule has 0 saturated heterocycles. The number of fused-ring (bicyclic) bond motifs is 9. The molecule has 3 aromatic heterocycles. The van der Waals surface area contributed by atoms with Crippen LogP contribution in [0.5, 0.6) is 0 Å². The first kappa shape index (κ1) is 36.9. The van der Waals surface area contributed by atoms with Crippen molar-refractivity contribution in [3.63, 3.8) is 0 Å². The number of para-hydroxylation sites is 2. The lowest BCUT2D eigenvalue weighted by Gasteiger charge is -2.34. The summed E-state index contributed by atoms with van der Waals surface area (Å²) in [5.41, 5.74) is 9.63. The number of nitrogens with zero attached hydrogens (tertiary/aromatic N) is 2. The SMILES string of the molecule is c1ccc([Si](c2ccccc2)(c2ccccc2)c2cccc(-n3c4ccccc4c4cc(-n5c6ccccc6c6cc(-c7cccc8c7sc7ccccc78)ccc65)ccc43)c2)cc1. The van der Waals surface area contributed by atoms with Crippen molar-refractivity contribution in [2.75, 3.05) is 0 Å². The predicted octanol–water partition coefficient (Wildman–Crippen LogP) is 13.3. The van der Waals surface area contributed by atoms with Gasteiger partial charge in [-0.1, -0.05) is 182 Å². The zero-order valence-electron chi connectivity index (χ0n) is 34.9. The summed E-state index contributed by atoms with van der Waals surface area (Å²) in [7, 11) is -2.74. The van der Waals surface area contributed by atoms with Crippen molar-refractivity contribution in [3.05, 3.63) is 243 Å². The van der Waals surface area contributed by atoms with Crippen LogP contribution in [0.4, 0.5) is 0 Å². The molecule has 2 nitrogen and oxygen atoms in total. The van der Waals surface area contributed by atoms with E-state index >= 15 is 0 Å². The molecule has 64 heavy (non-hydrogen) atoms. The minimum absolute atomic E-state index is 1.15. The zero-order chi connectivity index (χ0) is 42.2. The van der Waals surface area contributed by atoms with Gasteiger partial charge in [-0.25, -0.2) is 0 Å². The van der Waals surface area contributed by atoms with E-state index in [4.69, 9.17) is 0 Å². The molecule has 13 aromatic rings. The number of hydrogen-bond donors (Lipinski definition) is 0. The van der Waals surface area contributed by atoms with E-state index in [0.29, 0.717) is 0 Å². The Hall–Kier alpha value is -7.76. The molecule has 0 bridgehead atoms. The molecule has 10 aromatic carbocycles. The quantitative estimate of drug-likeness (QED) is 0.112. The molecule has 0 atom stereocenters. The second kappa shape index (κ2) is 14.7. The van der Waals surface area contributed by atoms with Gasteiger partial charge in [0.1, 0.15) is 0 Å². The molecule has 0 aliphatic rings. The Morgan fingerprint density at radius 1 is 0.297 bits per heavy atom. The Balaban J connectivity index is 0.998. The molecule has 4 heteroatoms. The van der Waals surface area contributed by atoms with Crippen molar-refractivity contribution in [2.24, 2.45) is 0 Å². The second-order valence-electron chi connectivity index (χ2n) is 16.8. The number of hydrogen-bond acceptors (Lipinski definition) is 1. The summed E-state index contributed by atoms with van der Waals surface area (Å²) >= 11 is 1.89. The number of thiophene rings is 1. The van der Waals surface area contributed by atoms with Crippen LogP contribution in [0.15, 0.2) is 243 Å². The average molecular weight is 849 g/mol. The van der Waals surface area contributed by atoms with Crippen molar-refractivity contribution in [1.82, 2.24) is 9.13 Å². The molecular weight excluding hydrogens is 809 g/mol. The first-order valence-electron chi connectivity index (χ1n) is 22.0. The van der Waals surface area contributed by atoms with E-state index in [1.807, 2.05) is 11.3 Å². The molecule has 0 saturated carbocycles. The molecule has 300 valence electrons. The van der Waals surface area contributed by atoms with Crippen molar-refractivity contribution >= 4 is 104 Å². The number of rotatable bonds is 7. The Morgan fingerprint density at radius 2 is 0.766 bits per heavy atom. The molecule has 0 amide bonds. The van der Waals surface area contributed by atoms with Crippen molar-refractivity contribution in [1.29, 1.82) is 0 Å². The standard InChI is InChI=1S/C60H40N2SSi/c1-4-19-44(20-5-1)64(45-21-6-2-7-22-45,46-23-8-3-9-24-46)47-25-16-18-42(39-47)61-56-32-14-11-27-50(56)54-40-43(35-37-58(54)61)62-55-31-13-10-26-49(55)53-38-41(34-36-57(53)62)48-29-17-30-52-51-28-12-15-33-59(51)63-60(48)52/h1-40H. The third kappa shape index (κ3) is 5.50. The van der Waals surface area contributed by atoms with Gasteiger partial charge >= 0.3 is 0 Å². The summed E-state index contributed by atoms with van der Waals surface area (Å²) in [5.74, 6) is 0. The molecule has 0 aliphatic heterocycles. The summed E-state index contributed by atoms with van der Waals surface area (Å²) in [6, 6.07) is 90.4. The fourth-order valence-corrected chi connectivity index (χ4v) is 16.7. The Kier molecular flexibility index (Phi) is 8.45. The van der Waals surface area contributed by atoms with Gasteiger partial charge in [-0.15, -0.1) is 11.3 Å². The first-order chi connectivity index (χ1) is 31.8. The van der Waals surface area contributed by atoms with Gasteiger partial charge in [-0.05, 0) is 92.5 Å². The molecule has 0 fully saturated rings. The number of benzene rings is 10. The van der Waals surface area contributed by atoms with Gasteiger partial charge < -0.3 is 9.13 Å². The van der Waals surface area contributed by atoms with Crippen LogP contribution in [0, 0.1) is 0 Å². The largest absolute Gasteiger partial charge is 0.309 e. The van der Waals surface area contributed by atoms with Crippen LogP contribution in [0.25, 0.3) is 86.3 Å². The average Bonchev–Trinajstić information content (AvgIpc) is 4.03. The van der Waals surface area contributed by atoms with E-state index in [0.717, 1.165) is 11.4 Å². The van der Waals surface area contributed by atoms with Crippen molar-refractivity contribution in [2.45, 2.75) is 0 Å². The third-order valence-corrected chi connectivity index (χ3v) is 19.5. The van der Waals surface area contributed by atoms with Crippen molar-refractivity contribution in [3.8, 4) is 22.5 Å². The highest BCUT2D eigenvalue weighted by Gasteiger charge is 2.41. The molecule has 0 N–H and O–H groups in total. The highest BCUT2D eigenvalue weighted by molar-refractivity contribution is 7.26. The van der Waals surface area contributed by atoms with Crippen molar-refractivity contribution < 1.29 is 0 Å². The molecule has 0 spiro atoms. The van der Waals surface area contributed by atoms with Gasteiger partial charge in [0.15, 0.2) is 8.07 Å². The van der Waals surface area contributed by atoms with Gasteiger partial charge in [0, 0.05) is 53.1 Å². The van der Waals surface area contributed by atoms with E-state index < -0.39 is 8.07 Å². The molecule has 0 unspecified atom stereocenters. The smallest absolute Gasteiger partial charge is 0.179 e. The highest BCUT2D eigenvalue weighted by Crippen LogP contribution is 2.42. The monoisotopic (exact) mass is 848 g/mol. The second-order valence-corrected chi connectivity index (χ2v) is 21.7. The lowest BCUT2D eigenvalue weighted by atomic mass is 10.0. The highest BCUT2D eigenvalue weighted by atomic mass is 32.1. The van der Waals surface area contributed by atoms with Crippen LogP contribution in [-0.4, -0.2) is 17.2 Å². The Bertz CT molecular complexity index is 3800. The van der Waals surface area contributed by atoms with E-state index in [9.17, 15) is 0 Å². The predicted molar refractivity (Wildman–Crippen MR) is 277 cm³/mol. The molecular formula is C60H40N2SSi. The maximum atomic E-state index is 2.48. The van der Waals surface area contributed by atoms with Crippen LogP contribution >= 0.6 is 11.3 Å². The van der Waals surface area contributed by atoms with E-state index in [2.05, 4.69) is 252 Å². The van der Waals surface area contributed by atoms with E-state index in [-0.39, 0.29) is 0 Å². The lowest BCUT2D eigenvalue weighted by Crippen LogP contribution is -2.74. The Morgan fingerprint density at radius 3 is 1.41 bits per heavy atom. The summed E-state index contributed by atoms with van der Waals surface area (Å²) < 4.78 is 7.60. The van der Waals surface area contributed by atoms with Gasteiger partial charge in [-0.2, -0.15) is 0 Å². The zero-order valence-corrected chi connectivity index (χ0v) is 36.7. The molecule has 13 rings (SSSR count). The minimum Gasteiger partial charge on any atom is -0.309 e. The van der Waals surface area contributed by atoms with Crippen LogP contribution in [0.1, 0.15) is 0 Å². The Labute approximate surface area is 376 Å². The summed E-state index contributed by atoms with van der Waals surface area (Å²) in [4.78, 5) is 0. The third-order valence-electron chi connectivity index (χ3n) is 13.5. The van der Waals surface area contributed by atoms with Crippen LogP contribution in [0.3, 0.4) is 0 Å². The van der Waals surface area contributed by atoms with E-state index in [1.54, 1.807) is 0 Å². The topological polar surface area (TPSA) is 9.86 Å². The summed E-state index contributed by atoms with van der Waals surface area (Å²) in [6.45, 7) is 0.